The van der Waals surface area contributed by atoms with E-state index in [9.17, 15) is 4.79 Å². The summed E-state index contributed by atoms with van der Waals surface area (Å²) in [6.45, 7) is 2.35. The van der Waals surface area contributed by atoms with Gasteiger partial charge in [-0.15, -0.1) is 0 Å². The van der Waals surface area contributed by atoms with E-state index in [4.69, 9.17) is 10.00 Å². The molecule has 0 fully saturated rings. The molecule has 0 aliphatic heterocycles. The van der Waals surface area contributed by atoms with Crippen LogP contribution in [-0.4, -0.2) is 12.5 Å². The Morgan fingerprint density at radius 3 is 2.76 bits per heavy atom. The van der Waals surface area contributed by atoms with E-state index in [1.54, 1.807) is 24.3 Å². The number of anilines is 1. The lowest BCUT2D eigenvalue weighted by Crippen LogP contribution is -2.14. The van der Waals surface area contributed by atoms with Gasteiger partial charge in [0.1, 0.15) is 5.75 Å². The number of hydrogen-bond donors (Lipinski definition) is 1. The minimum atomic E-state index is -0.226. The van der Waals surface area contributed by atoms with E-state index in [-0.39, 0.29) is 5.91 Å². The molecular weight excluding hydrogens is 379 g/mol. The van der Waals surface area contributed by atoms with Crippen molar-refractivity contribution < 1.29 is 9.53 Å². The Hall–Kier alpha value is -2.07. The van der Waals surface area contributed by atoms with Crippen LogP contribution < -0.4 is 10.1 Å². The van der Waals surface area contributed by atoms with Crippen molar-refractivity contribution in [2.24, 2.45) is 0 Å². The molecule has 2 aromatic rings. The summed E-state index contributed by atoms with van der Waals surface area (Å²) in [6, 6.07) is 14.3. The molecule has 2 rings (SSSR count). The number of halogens is 1. The van der Waals surface area contributed by atoms with Gasteiger partial charge in [-0.25, -0.2) is 0 Å². The summed E-state index contributed by atoms with van der Waals surface area (Å²) in [7, 11) is 0. The zero-order valence-electron chi connectivity index (χ0n) is 11.4. The number of carbonyl (C=O) groups is 1. The molecule has 1 amide bonds. The van der Waals surface area contributed by atoms with Crippen LogP contribution in [-0.2, 0) is 0 Å². The highest BCUT2D eigenvalue weighted by atomic mass is 127. The van der Waals surface area contributed by atoms with E-state index >= 15 is 0 Å². The number of carbonyl (C=O) groups excluding carboxylic acids is 1. The van der Waals surface area contributed by atoms with E-state index in [0.717, 1.165) is 3.57 Å². The number of ether oxygens (including phenoxy) is 1. The summed E-state index contributed by atoms with van der Waals surface area (Å²) in [4.78, 5) is 12.3. The van der Waals surface area contributed by atoms with E-state index < -0.39 is 0 Å². The third-order valence-electron chi connectivity index (χ3n) is 2.78. The highest BCUT2D eigenvalue weighted by Crippen LogP contribution is 2.26. The van der Waals surface area contributed by atoms with Crippen LogP contribution in [0.1, 0.15) is 22.8 Å². The highest BCUT2D eigenvalue weighted by molar-refractivity contribution is 14.1. The molecule has 1 N–H and O–H groups in total. The van der Waals surface area contributed by atoms with Crippen molar-refractivity contribution >= 4 is 34.2 Å². The number of nitrogens with zero attached hydrogens (tertiary/aromatic N) is 1. The van der Waals surface area contributed by atoms with Crippen molar-refractivity contribution in [3.05, 3.63) is 57.2 Å². The van der Waals surface area contributed by atoms with Gasteiger partial charge in [-0.3, -0.25) is 4.79 Å². The third-order valence-corrected chi connectivity index (χ3v) is 3.72. The Kier molecular flexibility index (Phi) is 5.17. The van der Waals surface area contributed by atoms with Gasteiger partial charge in [0, 0.05) is 3.57 Å². The second-order valence-electron chi connectivity index (χ2n) is 4.19. The van der Waals surface area contributed by atoms with Crippen LogP contribution in [0.25, 0.3) is 0 Å². The molecule has 21 heavy (non-hydrogen) atoms. The van der Waals surface area contributed by atoms with Gasteiger partial charge in [-0.1, -0.05) is 12.1 Å². The van der Waals surface area contributed by atoms with Crippen molar-refractivity contribution in [1.82, 2.24) is 0 Å². The second kappa shape index (κ2) is 7.09. The molecule has 0 unspecified atom stereocenters. The number of nitriles is 1. The van der Waals surface area contributed by atoms with Crippen molar-refractivity contribution in [1.29, 1.82) is 5.26 Å². The lowest BCUT2D eigenvalue weighted by molar-refractivity contribution is 0.102. The van der Waals surface area contributed by atoms with E-state index in [1.807, 2.05) is 25.1 Å². The Balaban J connectivity index is 2.32. The highest BCUT2D eigenvalue weighted by Gasteiger charge is 2.13. The average Bonchev–Trinajstić information content (AvgIpc) is 2.49. The van der Waals surface area contributed by atoms with Crippen LogP contribution in [0.15, 0.2) is 42.5 Å². The quantitative estimate of drug-likeness (QED) is 0.805. The van der Waals surface area contributed by atoms with Gasteiger partial charge in [0.25, 0.3) is 5.91 Å². The molecule has 0 atom stereocenters. The SMILES string of the molecule is CCOc1ccc(C#N)cc1NC(=O)c1ccccc1I. The summed E-state index contributed by atoms with van der Waals surface area (Å²) in [5, 5.41) is 11.8. The predicted molar refractivity (Wildman–Crippen MR) is 89.4 cm³/mol. The maximum absolute atomic E-state index is 12.3. The molecule has 0 bridgehead atoms. The minimum Gasteiger partial charge on any atom is -0.492 e. The Morgan fingerprint density at radius 1 is 1.33 bits per heavy atom. The molecular formula is C16H13IN2O2. The topological polar surface area (TPSA) is 62.1 Å². The second-order valence-corrected chi connectivity index (χ2v) is 5.35. The molecule has 0 heterocycles. The molecule has 5 heteroatoms. The number of rotatable bonds is 4. The van der Waals surface area contributed by atoms with Gasteiger partial charge in [-0.2, -0.15) is 5.26 Å². The maximum atomic E-state index is 12.3. The Morgan fingerprint density at radius 2 is 2.10 bits per heavy atom. The molecule has 2 aromatic carbocycles. The number of amides is 1. The minimum absolute atomic E-state index is 0.226. The summed E-state index contributed by atoms with van der Waals surface area (Å²) in [6.07, 6.45) is 0. The first-order valence-electron chi connectivity index (χ1n) is 6.38. The van der Waals surface area contributed by atoms with Gasteiger partial charge in [0.05, 0.1) is 29.5 Å². The summed E-state index contributed by atoms with van der Waals surface area (Å²) in [5.74, 6) is 0.326. The smallest absolute Gasteiger partial charge is 0.256 e. The zero-order chi connectivity index (χ0) is 15.2. The van der Waals surface area contributed by atoms with E-state index in [2.05, 4.69) is 34.0 Å². The Labute approximate surface area is 136 Å². The first-order valence-corrected chi connectivity index (χ1v) is 7.46. The van der Waals surface area contributed by atoms with Gasteiger partial charge in [-0.05, 0) is 59.8 Å². The number of benzene rings is 2. The largest absolute Gasteiger partial charge is 0.492 e. The Bertz CT molecular complexity index is 708. The summed E-state index contributed by atoms with van der Waals surface area (Å²) in [5.41, 5.74) is 1.56. The van der Waals surface area contributed by atoms with Crippen molar-refractivity contribution in [3.8, 4) is 11.8 Å². The van der Waals surface area contributed by atoms with E-state index in [0.29, 0.717) is 29.2 Å². The molecule has 0 aromatic heterocycles. The monoisotopic (exact) mass is 392 g/mol. The summed E-state index contributed by atoms with van der Waals surface area (Å²) < 4.78 is 6.34. The van der Waals surface area contributed by atoms with Crippen molar-refractivity contribution in [2.75, 3.05) is 11.9 Å². The van der Waals surface area contributed by atoms with Crippen molar-refractivity contribution in [2.45, 2.75) is 6.92 Å². The van der Waals surface area contributed by atoms with Crippen LogP contribution in [0.2, 0.25) is 0 Å². The summed E-state index contributed by atoms with van der Waals surface area (Å²) >= 11 is 2.11. The van der Waals surface area contributed by atoms with Crippen LogP contribution in [0.3, 0.4) is 0 Å². The number of hydrogen-bond acceptors (Lipinski definition) is 3. The predicted octanol–water partition coefficient (Wildman–Crippen LogP) is 3.81. The van der Waals surface area contributed by atoms with Crippen LogP contribution in [0.4, 0.5) is 5.69 Å². The van der Waals surface area contributed by atoms with Crippen LogP contribution in [0, 0.1) is 14.9 Å². The lowest BCUT2D eigenvalue weighted by Gasteiger charge is -2.12. The normalized spacial score (nSPS) is 9.76. The molecule has 0 aliphatic carbocycles. The molecule has 106 valence electrons. The van der Waals surface area contributed by atoms with Gasteiger partial charge in [0.15, 0.2) is 0 Å². The molecule has 0 aliphatic rings. The molecule has 0 saturated heterocycles. The molecule has 4 nitrogen and oxygen atoms in total. The first kappa shape index (κ1) is 15.3. The van der Waals surface area contributed by atoms with Gasteiger partial charge >= 0.3 is 0 Å². The average molecular weight is 392 g/mol. The number of nitrogens with one attached hydrogen (secondary N) is 1. The van der Waals surface area contributed by atoms with Gasteiger partial charge < -0.3 is 10.1 Å². The lowest BCUT2D eigenvalue weighted by atomic mass is 10.1. The maximum Gasteiger partial charge on any atom is 0.256 e. The standard InChI is InChI=1S/C16H13IN2O2/c1-2-21-15-8-7-11(10-18)9-14(15)19-16(20)12-5-3-4-6-13(12)17/h3-9H,2H2,1H3,(H,19,20). The van der Waals surface area contributed by atoms with E-state index in [1.165, 1.54) is 0 Å². The zero-order valence-corrected chi connectivity index (χ0v) is 13.5. The van der Waals surface area contributed by atoms with Crippen molar-refractivity contribution in [3.63, 3.8) is 0 Å². The molecule has 0 spiro atoms. The fourth-order valence-corrected chi connectivity index (χ4v) is 2.45. The van der Waals surface area contributed by atoms with Crippen LogP contribution in [0.5, 0.6) is 5.75 Å². The fourth-order valence-electron chi connectivity index (χ4n) is 1.81. The first-order chi connectivity index (χ1) is 10.2. The van der Waals surface area contributed by atoms with Gasteiger partial charge in [0.2, 0.25) is 0 Å². The third kappa shape index (κ3) is 3.73. The molecule has 0 saturated carbocycles. The van der Waals surface area contributed by atoms with Crippen LogP contribution >= 0.6 is 22.6 Å². The fraction of sp³-hybridized carbons (Fsp3) is 0.125. The molecule has 0 radical (unpaired) electrons.